The third-order valence-electron chi connectivity index (χ3n) is 4.98. The molecule has 2 aromatic carbocycles. The topological polar surface area (TPSA) is 50.2 Å². The van der Waals surface area contributed by atoms with Crippen molar-refractivity contribution >= 4 is 29.3 Å². The molecule has 0 spiro atoms. The number of carbonyl (C=O) groups is 1. The zero-order chi connectivity index (χ0) is 17.2. The van der Waals surface area contributed by atoms with Gasteiger partial charge in [0.05, 0.1) is 17.4 Å². The summed E-state index contributed by atoms with van der Waals surface area (Å²) < 4.78 is 2.13. The molecular formula is C20H23ClN4O. The summed E-state index contributed by atoms with van der Waals surface area (Å²) >= 11 is 0. The van der Waals surface area contributed by atoms with Gasteiger partial charge in [-0.15, -0.1) is 12.4 Å². The van der Waals surface area contributed by atoms with Gasteiger partial charge in [-0.3, -0.25) is 4.79 Å². The molecule has 1 N–H and O–H groups in total. The van der Waals surface area contributed by atoms with Gasteiger partial charge in [-0.2, -0.15) is 0 Å². The molecule has 0 saturated carbocycles. The molecule has 3 aromatic rings. The van der Waals surface area contributed by atoms with Crippen LogP contribution in [0.15, 0.2) is 54.9 Å². The van der Waals surface area contributed by atoms with Crippen molar-refractivity contribution in [3.63, 3.8) is 0 Å². The average Bonchev–Trinajstić information content (AvgIpc) is 3.32. The van der Waals surface area contributed by atoms with Crippen LogP contribution in [0.5, 0.6) is 0 Å². The molecule has 1 amide bonds. The van der Waals surface area contributed by atoms with Gasteiger partial charge in [0, 0.05) is 31.7 Å². The van der Waals surface area contributed by atoms with Gasteiger partial charge in [-0.1, -0.05) is 24.3 Å². The fourth-order valence-electron chi connectivity index (χ4n) is 3.43. The zero-order valence-electron chi connectivity index (χ0n) is 14.8. The third kappa shape index (κ3) is 3.59. The first-order chi connectivity index (χ1) is 12.2. The first-order valence-corrected chi connectivity index (χ1v) is 8.69. The summed E-state index contributed by atoms with van der Waals surface area (Å²) in [4.78, 5) is 18.9. The molecule has 2 heterocycles. The number of aromatic nitrogens is 2. The molecule has 0 radical (unpaired) electrons. The Hall–Kier alpha value is -2.37. The SMILES string of the molecule is CN(C(=O)c1ccc(Cn2cnc3ccccc32)cc1)[C@@H]1CCNC1.Cl. The number of rotatable bonds is 4. The summed E-state index contributed by atoms with van der Waals surface area (Å²) in [6.07, 6.45) is 2.89. The number of nitrogens with one attached hydrogen (secondary N) is 1. The van der Waals surface area contributed by atoms with Gasteiger partial charge in [-0.25, -0.2) is 4.98 Å². The van der Waals surface area contributed by atoms with E-state index in [4.69, 9.17) is 0 Å². The maximum Gasteiger partial charge on any atom is 0.253 e. The molecule has 1 saturated heterocycles. The van der Waals surface area contributed by atoms with Crippen LogP contribution in [0.3, 0.4) is 0 Å². The lowest BCUT2D eigenvalue weighted by atomic mass is 10.1. The lowest BCUT2D eigenvalue weighted by Crippen LogP contribution is -2.38. The van der Waals surface area contributed by atoms with Crippen molar-refractivity contribution in [3.05, 3.63) is 66.0 Å². The molecule has 5 nitrogen and oxygen atoms in total. The third-order valence-corrected chi connectivity index (χ3v) is 4.98. The molecule has 1 fully saturated rings. The lowest BCUT2D eigenvalue weighted by molar-refractivity contribution is 0.0744. The van der Waals surface area contributed by atoms with Gasteiger partial charge in [-0.05, 0) is 42.8 Å². The molecule has 1 atom stereocenters. The minimum atomic E-state index is 0. The normalized spacial score (nSPS) is 16.4. The lowest BCUT2D eigenvalue weighted by Gasteiger charge is -2.23. The highest BCUT2D eigenvalue weighted by molar-refractivity contribution is 5.94. The number of halogens is 1. The van der Waals surface area contributed by atoms with Crippen LogP contribution in [0, 0.1) is 0 Å². The highest BCUT2D eigenvalue weighted by Crippen LogP contribution is 2.16. The Bertz CT molecular complexity index is 884. The standard InChI is InChI=1S/C20H22N4O.ClH/c1-23(17-10-11-21-12-17)20(25)16-8-6-15(7-9-16)13-24-14-22-18-4-2-3-5-19(18)24;/h2-9,14,17,21H,10-13H2,1H3;1H/t17-;/m1./s1. The van der Waals surface area contributed by atoms with Crippen LogP contribution in [0.25, 0.3) is 11.0 Å². The number of hydrogen-bond donors (Lipinski definition) is 1. The van der Waals surface area contributed by atoms with Crippen molar-refractivity contribution in [2.24, 2.45) is 0 Å². The van der Waals surface area contributed by atoms with Crippen molar-refractivity contribution in [2.45, 2.75) is 19.0 Å². The maximum absolute atomic E-state index is 12.6. The predicted octanol–water partition coefficient (Wildman–Crippen LogP) is 2.94. The van der Waals surface area contributed by atoms with E-state index in [1.54, 1.807) is 0 Å². The van der Waals surface area contributed by atoms with Crippen molar-refractivity contribution < 1.29 is 4.79 Å². The second-order valence-corrected chi connectivity index (χ2v) is 6.62. The molecule has 0 unspecified atom stereocenters. The van der Waals surface area contributed by atoms with E-state index in [0.717, 1.165) is 48.2 Å². The Morgan fingerprint density at radius 1 is 1.23 bits per heavy atom. The Morgan fingerprint density at radius 3 is 2.73 bits per heavy atom. The number of likely N-dealkylation sites (N-methyl/N-ethyl adjacent to an activating group) is 1. The van der Waals surface area contributed by atoms with Crippen LogP contribution in [0.2, 0.25) is 0 Å². The quantitative estimate of drug-likeness (QED) is 0.768. The van der Waals surface area contributed by atoms with Crippen molar-refractivity contribution in [1.82, 2.24) is 19.8 Å². The molecule has 1 aliphatic rings. The number of para-hydroxylation sites is 2. The highest BCUT2D eigenvalue weighted by Gasteiger charge is 2.23. The number of imidazole rings is 1. The fourth-order valence-corrected chi connectivity index (χ4v) is 3.43. The van der Waals surface area contributed by atoms with Gasteiger partial charge in [0.25, 0.3) is 5.91 Å². The van der Waals surface area contributed by atoms with Crippen LogP contribution < -0.4 is 5.32 Å². The Balaban J connectivity index is 0.00000196. The smallest absolute Gasteiger partial charge is 0.253 e. The van der Waals surface area contributed by atoms with Crippen molar-refractivity contribution in [1.29, 1.82) is 0 Å². The highest BCUT2D eigenvalue weighted by atomic mass is 35.5. The van der Waals surface area contributed by atoms with Crippen LogP contribution in [-0.2, 0) is 6.54 Å². The monoisotopic (exact) mass is 370 g/mol. The summed E-state index contributed by atoms with van der Waals surface area (Å²) in [6, 6.07) is 16.3. The van der Waals surface area contributed by atoms with E-state index in [1.807, 2.05) is 60.7 Å². The second kappa shape index (κ2) is 7.89. The molecule has 1 aromatic heterocycles. The predicted molar refractivity (Wildman–Crippen MR) is 106 cm³/mol. The molecule has 136 valence electrons. The van der Waals surface area contributed by atoms with Crippen LogP contribution in [-0.4, -0.2) is 46.5 Å². The van der Waals surface area contributed by atoms with E-state index in [2.05, 4.69) is 20.9 Å². The molecule has 6 heteroatoms. The van der Waals surface area contributed by atoms with E-state index in [1.165, 1.54) is 0 Å². The van der Waals surface area contributed by atoms with Gasteiger partial charge in [0.15, 0.2) is 0 Å². The van der Waals surface area contributed by atoms with E-state index in [-0.39, 0.29) is 18.3 Å². The minimum absolute atomic E-state index is 0. The summed E-state index contributed by atoms with van der Waals surface area (Å²) in [7, 11) is 1.89. The first-order valence-electron chi connectivity index (χ1n) is 8.69. The van der Waals surface area contributed by atoms with Crippen molar-refractivity contribution in [3.8, 4) is 0 Å². The molecule has 1 aliphatic heterocycles. The first kappa shape index (κ1) is 18.4. The number of hydrogen-bond acceptors (Lipinski definition) is 3. The number of nitrogens with zero attached hydrogens (tertiary/aromatic N) is 3. The Kier molecular flexibility index (Phi) is 5.59. The fraction of sp³-hybridized carbons (Fsp3) is 0.300. The summed E-state index contributed by atoms with van der Waals surface area (Å²) in [5, 5.41) is 3.31. The molecule has 0 aliphatic carbocycles. The summed E-state index contributed by atoms with van der Waals surface area (Å²) in [5.41, 5.74) is 4.02. The molecule has 26 heavy (non-hydrogen) atoms. The number of fused-ring (bicyclic) bond motifs is 1. The van der Waals surface area contributed by atoms with Gasteiger partial charge in [0.1, 0.15) is 0 Å². The van der Waals surface area contributed by atoms with E-state index < -0.39 is 0 Å². The molecular weight excluding hydrogens is 348 g/mol. The largest absolute Gasteiger partial charge is 0.337 e. The van der Waals surface area contributed by atoms with Crippen LogP contribution in [0.4, 0.5) is 0 Å². The van der Waals surface area contributed by atoms with Gasteiger partial charge in [0.2, 0.25) is 0 Å². The summed E-state index contributed by atoms with van der Waals surface area (Å²) in [6.45, 7) is 2.62. The van der Waals surface area contributed by atoms with Crippen molar-refractivity contribution in [2.75, 3.05) is 20.1 Å². The van der Waals surface area contributed by atoms with E-state index in [0.29, 0.717) is 6.04 Å². The van der Waals surface area contributed by atoms with E-state index in [9.17, 15) is 4.79 Å². The minimum Gasteiger partial charge on any atom is -0.337 e. The Morgan fingerprint density at radius 2 is 2.00 bits per heavy atom. The van der Waals surface area contributed by atoms with Crippen LogP contribution in [0.1, 0.15) is 22.3 Å². The number of benzene rings is 2. The van der Waals surface area contributed by atoms with Gasteiger partial charge < -0.3 is 14.8 Å². The number of amides is 1. The zero-order valence-corrected chi connectivity index (χ0v) is 15.6. The van der Waals surface area contributed by atoms with Gasteiger partial charge >= 0.3 is 0 Å². The number of carbonyl (C=O) groups excluding carboxylic acids is 1. The molecule has 4 rings (SSSR count). The maximum atomic E-state index is 12.6. The van der Waals surface area contributed by atoms with E-state index >= 15 is 0 Å². The summed E-state index contributed by atoms with van der Waals surface area (Å²) in [5.74, 6) is 0.0910. The Labute approximate surface area is 159 Å². The molecule has 0 bridgehead atoms. The average molecular weight is 371 g/mol. The second-order valence-electron chi connectivity index (χ2n) is 6.62. The van der Waals surface area contributed by atoms with Crippen LogP contribution >= 0.6 is 12.4 Å².